The van der Waals surface area contributed by atoms with Crippen molar-refractivity contribution in [2.45, 2.75) is 25.9 Å². The van der Waals surface area contributed by atoms with Crippen LogP contribution in [0.5, 0.6) is 0 Å². The summed E-state index contributed by atoms with van der Waals surface area (Å²) >= 11 is 2.03. The number of pyridine rings is 1. The summed E-state index contributed by atoms with van der Waals surface area (Å²) in [5.41, 5.74) is 7.91. The summed E-state index contributed by atoms with van der Waals surface area (Å²) in [5.74, 6) is 3.54. The van der Waals surface area contributed by atoms with Gasteiger partial charge in [-0.25, -0.2) is 4.98 Å². The number of aromatic nitrogens is 1. The van der Waals surface area contributed by atoms with Crippen molar-refractivity contribution in [3.8, 4) is 0 Å². The van der Waals surface area contributed by atoms with Crippen molar-refractivity contribution in [1.29, 1.82) is 0 Å². The van der Waals surface area contributed by atoms with Gasteiger partial charge in [0.2, 0.25) is 0 Å². The number of anilines is 1. The maximum atomic E-state index is 5.69. The van der Waals surface area contributed by atoms with Gasteiger partial charge in [0.25, 0.3) is 0 Å². The molecule has 2 heterocycles. The second-order valence-corrected chi connectivity index (χ2v) is 5.46. The Morgan fingerprint density at radius 2 is 2.38 bits per heavy atom. The minimum absolute atomic E-state index is 0.587. The standard InChI is InChI=1S/C12H19N3S/c1-9-5-10(7-13)6-12(14-9)15(2)11-3-4-16-8-11/h5-6,11H,3-4,7-8,13H2,1-2H3. The molecular formula is C12H19N3S. The van der Waals surface area contributed by atoms with E-state index >= 15 is 0 Å². The highest BCUT2D eigenvalue weighted by Gasteiger charge is 2.21. The van der Waals surface area contributed by atoms with E-state index in [4.69, 9.17) is 5.73 Å². The lowest BCUT2D eigenvalue weighted by Crippen LogP contribution is -2.32. The first-order chi connectivity index (χ1) is 7.70. The molecule has 1 atom stereocenters. The summed E-state index contributed by atoms with van der Waals surface area (Å²) in [5, 5.41) is 0. The van der Waals surface area contributed by atoms with Crippen LogP contribution in [0.2, 0.25) is 0 Å². The zero-order valence-electron chi connectivity index (χ0n) is 9.94. The Morgan fingerprint density at radius 3 is 3.00 bits per heavy atom. The molecule has 1 aliphatic heterocycles. The van der Waals surface area contributed by atoms with Crippen LogP contribution < -0.4 is 10.6 Å². The molecule has 16 heavy (non-hydrogen) atoms. The Bertz CT molecular complexity index is 361. The summed E-state index contributed by atoms with van der Waals surface area (Å²) in [4.78, 5) is 6.89. The fourth-order valence-corrected chi connectivity index (χ4v) is 3.30. The van der Waals surface area contributed by atoms with Crippen LogP contribution in [-0.2, 0) is 6.54 Å². The van der Waals surface area contributed by atoms with Gasteiger partial charge in [-0.1, -0.05) is 0 Å². The molecule has 2 N–H and O–H groups in total. The number of aryl methyl sites for hydroxylation is 1. The minimum Gasteiger partial charge on any atom is -0.356 e. The second kappa shape index (κ2) is 5.06. The van der Waals surface area contributed by atoms with E-state index in [2.05, 4.69) is 29.1 Å². The molecular weight excluding hydrogens is 218 g/mol. The SMILES string of the molecule is Cc1cc(CN)cc(N(C)C2CCSC2)n1. The molecule has 2 rings (SSSR count). The van der Waals surface area contributed by atoms with E-state index in [-0.39, 0.29) is 0 Å². The van der Waals surface area contributed by atoms with E-state index in [1.807, 2.05) is 18.7 Å². The van der Waals surface area contributed by atoms with Crippen molar-refractivity contribution >= 4 is 17.6 Å². The summed E-state index contributed by atoms with van der Waals surface area (Å²) in [6.45, 7) is 2.61. The summed E-state index contributed by atoms with van der Waals surface area (Å²) in [6.07, 6.45) is 1.26. The largest absolute Gasteiger partial charge is 0.356 e. The van der Waals surface area contributed by atoms with Crippen molar-refractivity contribution < 1.29 is 0 Å². The van der Waals surface area contributed by atoms with E-state index in [0.717, 1.165) is 11.5 Å². The van der Waals surface area contributed by atoms with Crippen LogP contribution in [0.15, 0.2) is 12.1 Å². The lowest BCUT2D eigenvalue weighted by atomic mass is 10.2. The van der Waals surface area contributed by atoms with Crippen LogP contribution in [0.1, 0.15) is 17.7 Å². The highest BCUT2D eigenvalue weighted by molar-refractivity contribution is 7.99. The van der Waals surface area contributed by atoms with Crippen molar-refractivity contribution in [2.75, 3.05) is 23.5 Å². The second-order valence-electron chi connectivity index (χ2n) is 4.31. The van der Waals surface area contributed by atoms with E-state index < -0.39 is 0 Å². The van der Waals surface area contributed by atoms with Gasteiger partial charge in [0, 0.05) is 31.1 Å². The number of rotatable bonds is 3. The third kappa shape index (κ3) is 2.50. The Morgan fingerprint density at radius 1 is 1.56 bits per heavy atom. The lowest BCUT2D eigenvalue weighted by Gasteiger charge is -2.25. The molecule has 1 fully saturated rings. The summed E-state index contributed by atoms with van der Waals surface area (Å²) < 4.78 is 0. The Balaban J connectivity index is 2.21. The van der Waals surface area contributed by atoms with Crippen molar-refractivity contribution in [1.82, 2.24) is 4.98 Å². The Kier molecular flexibility index (Phi) is 3.71. The molecule has 0 spiro atoms. The van der Waals surface area contributed by atoms with Gasteiger partial charge >= 0.3 is 0 Å². The first-order valence-corrected chi connectivity index (χ1v) is 6.84. The van der Waals surface area contributed by atoms with Gasteiger partial charge in [-0.2, -0.15) is 11.8 Å². The first kappa shape index (κ1) is 11.7. The predicted molar refractivity (Wildman–Crippen MR) is 71.0 cm³/mol. The molecule has 0 amide bonds. The van der Waals surface area contributed by atoms with Crippen LogP contribution >= 0.6 is 11.8 Å². The molecule has 4 heteroatoms. The molecule has 1 saturated heterocycles. The van der Waals surface area contributed by atoms with Gasteiger partial charge in [0.05, 0.1) is 0 Å². The van der Waals surface area contributed by atoms with Gasteiger partial charge in [-0.3, -0.25) is 0 Å². The molecule has 1 unspecified atom stereocenters. The molecule has 88 valence electrons. The third-order valence-electron chi connectivity index (χ3n) is 3.05. The quantitative estimate of drug-likeness (QED) is 0.870. The van der Waals surface area contributed by atoms with Crippen LogP contribution in [0, 0.1) is 6.92 Å². The molecule has 3 nitrogen and oxygen atoms in total. The lowest BCUT2D eigenvalue weighted by molar-refractivity contribution is 0.690. The van der Waals surface area contributed by atoms with E-state index in [1.54, 1.807) is 0 Å². The number of hydrogen-bond acceptors (Lipinski definition) is 4. The highest BCUT2D eigenvalue weighted by atomic mass is 32.2. The topological polar surface area (TPSA) is 42.1 Å². The third-order valence-corrected chi connectivity index (χ3v) is 4.19. The number of nitrogens with zero attached hydrogens (tertiary/aromatic N) is 2. The Hall–Kier alpha value is -0.740. The van der Waals surface area contributed by atoms with Crippen LogP contribution in [0.25, 0.3) is 0 Å². The minimum atomic E-state index is 0.587. The van der Waals surface area contributed by atoms with Crippen LogP contribution in [0.3, 0.4) is 0 Å². The molecule has 1 aliphatic rings. The molecule has 0 bridgehead atoms. The van der Waals surface area contributed by atoms with E-state index in [0.29, 0.717) is 12.6 Å². The van der Waals surface area contributed by atoms with Gasteiger partial charge in [-0.05, 0) is 36.8 Å². The van der Waals surface area contributed by atoms with Crippen molar-refractivity contribution in [3.63, 3.8) is 0 Å². The first-order valence-electron chi connectivity index (χ1n) is 5.69. The normalized spacial score (nSPS) is 20.1. The van der Waals surface area contributed by atoms with Crippen LogP contribution in [0.4, 0.5) is 5.82 Å². The maximum absolute atomic E-state index is 5.69. The Labute approximate surface area is 101 Å². The van der Waals surface area contributed by atoms with Gasteiger partial charge in [-0.15, -0.1) is 0 Å². The average Bonchev–Trinajstić information content (AvgIpc) is 2.80. The number of nitrogens with two attached hydrogens (primary N) is 1. The summed E-state index contributed by atoms with van der Waals surface area (Å²) in [6, 6.07) is 4.79. The fourth-order valence-electron chi connectivity index (χ4n) is 2.03. The molecule has 0 radical (unpaired) electrons. The van der Waals surface area contributed by atoms with Gasteiger partial charge in [0.1, 0.15) is 5.82 Å². The van der Waals surface area contributed by atoms with Crippen LogP contribution in [-0.4, -0.2) is 29.6 Å². The smallest absolute Gasteiger partial charge is 0.129 e. The van der Waals surface area contributed by atoms with Crippen molar-refractivity contribution in [3.05, 3.63) is 23.4 Å². The molecule has 1 aromatic rings. The molecule has 1 aromatic heterocycles. The van der Waals surface area contributed by atoms with Gasteiger partial charge < -0.3 is 10.6 Å². The number of hydrogen-bond donors (Lipinski definition) is 1. The van der Waals surface area contributed by atoms with E-state index in [9.17, 15) is 0 Å². The number of thioether (sulfide) groups is 1. The fraction of sp³-hybridized carbons (Fsp3) is 0.583. The molecule has 0 aliphatic carbocycles. The highest BCUT2D eigenvalue weighted by Crippen LogP contribution is 2.25. The summed E-state index contributed by atoms with van der Waals surface area (Å²) in [7, 11) is 2.14. The zero-order valence-corrected chi connectivity index (χ0v) is 10.8. The average molecular weight is 237 g/mol. The van der Waals surface area contributed by atoms with E-state index in [1.165, 1.54) is 23.5 Å². The molecule has 0 aromatic carbocycles. The zero-order chi connectivity index (χ0) is 11.5. The maximum Gasteiger partial charge on any atom is 0.129 e. The monoisotopic (exact) mass is 237 g/mol. The van der Waals surface area contributed by atoms with Crippen molar-refractivity contribution in [2.24, 2.45) is 5.73 Å². The van der Waals surface area contributed by atoms with Gasteiger partial charge in [0.15, 0.2) is 0 Å². The molecule has 0 saturated carbocycles. The predicted octanol–water partition coefficient (Wildman–Crippen LogP) is 1.79.